The molecule has 0 radical (unpaired) electrons. The lowest BCUT2D eigenvalue weighted by atomic mass is 9.87. The number of fused-ring (bicyclic) bond motifs is 3. The molecule has 0 aromatic heterocycles. The minimum absolute atomic E-state index is 0.214. The van der Waals surface area contributed by atoms with Crippen LogP contribution in [0.1, 0.15) is 30.9 Å². The number of aryl methyl sites for hydroxylation is 1. The van der Waals surface area contributed by atoms with Crippen LogP contribution in [0.25, 0.3) is 10.8 Å². The zero-order valence-corrected chi connectivity index (χ0v) is 11.1. The van der Waals surface area contributed by atoms with E-state index in [0.29, 0.717) is 5.39 Å². The first-order valence-electron chi connectivity index (χ1n) is 6.62. The zero-order valence-electron chi connectivity index (χ0n) is 11.1. The highest BCUT2D eigenvalue weighted by molar-refractivity contribution is 6.06. The Hall–Kier alpha value is -2.23. The Morgan fingerprint density at radius 1 is 1.20 bits per heavy atom. The van der Waals surface area contributed by atoms with Gasteiger partial charge in [-0.15, -0.1) is 0 Å². The summed E-state index contributed by atoms with van der Waals surface area (Å²) in [6.45, 7) is 1.32. The number of halogens is 1. The van der Waals surface area contributed by atoms with Crippen molar-refractivity contribution in [3.8, 4) is 0 Å². The van der Waals surface area contributed by atoms with Crippen molar-refractivity contribution in [2.45, 2.75) is 26.2 Å². The highest BCUT2D eigenvalue weighted by Gasteiger charge is 2.19. The summed E-state index contributed by atoms with van der Waals surface area (Å²) in [6.07, 6.45) is 2.57. The van der Waals surface area contributed by atoms with Gasteiger partial charge in [0.1, 0.15) is 5.82 Å². The van der Waals surface area contributed by atoms with Crippen molar-refractivity contribution in [3.05, 3.63) is 47.3 Å². The molecule has 0 fully saturated rings. The molecule has 0 unspecified atom stereocenters. The fourth-order valence-corrected chi connectivity index (χ4v) is 2.70. The Labute approximate surface area is 116 Å². The maximum Gasteiger partial charge on any atom is 0.331 e. The molecular formula is C16H14FNO2. The Morgan fingerprint density at radius 2 is 2.05 bits per heavy atom. The molecule has 3 nitrogen and oxygen atoms in total. The number of benzene rings is 2. The van der Waals surface area contributed by atoms with E-state index in [2.05, 4.69) is 5.16 Å². The quantitative estimate of drug-likeness (QED) is 0.452. The van der Waals surface area contributed by atoms with Crippen LogP contribution in [-0.4, -0.2) is 11.7 Å². The molecule has 0 amide bonds. The molecule has 0 saturated carbocycles. The highest BCUT2D eigenvalue weighted by atomic mass is 19.1. The number of rotatable bonds is 1. The predicted octanol–water partition coefficient (Wildman–Crippen LogP) is 3.58. The van der Waals surface area contributed by atoms with Crippen LogP contribution >= 0.6 is 0 Å². The second-order valence-corrected chi connectivity index (χ2v) is 4.90. The van der Waals surface area contributed by atoms with Gasteiger partial charge in [0.2, 0.25) is 0 Å². The van der Waals surface area contributed by atoms with Gasteiger partial charge in [-0.05, 0) is 36.3 Å². The first-order chi connectivity index (χ1) is 9.66. The van der Waals surface area contributed by atoms with E-state index in [9.17, 15) is 9.18 Å². The summed E-state index contributed by atoms with van der Waals surface area (Å²) >= 11 is 0. The molecule has 2 aromatic carbocycles. The second-order valence-electron chi connectivity index (χ2n) is 4.90. The smallest absolute Gasteiger partial charge is 0.318 e. The van der Waals surface area contributed by atoms with E-state index in [1.54, 1.807) is 12.1 Å². The van der Waals surface area contributed by atoms with Crippen LogP contribution in [0.2, 0.25) is 0 Å². The van der Waals surface area contributed by atoms with E-state index >= 15 is 0 Å². The van der Waals surface area contributed by atoms with Gasteiger partial charge in [0.05, 0.1) is 5.71 Å². The summed E-state index contributed by atoms with van der Waals surface area (Å²) in [7, 11) is 0. The topological polar surface area (TPSA) is 38.7 Å². The maximum atomic E-state index is 13.8. The minimum Gasteiger partial charge on any atom is -0.318 e. The molecule has 0 aliphatic heterocycles. The lowest BCUT2D eigenvalue weighted by Gasteiger charge is -2.19. The molecule has 2 aromatic rings. The number of carbonyl (C=O) groups excluding carboxylic acids is 1. The van der Waals surface area contributed by atoms with E-state index in [0.717, 1.165) is 41.5 Å². The van der Waals surface area contributed by atoms with E-state index in [1.807, 2.05) is 12.1 Å². The van der Waals surface area contributed by atoms with Crippen LogP contribution in [0.15, 0.2) is 35.5 Å². The van der Waals surface area contributed by atoms with Crippen LogP contribution in [0.4, 0.5) is 4.39 Å². The van der Waals surface area contributed by atoms with E-state index in [4.69, 9.17) is 4.84 Å². The van der Waals surface area contributed by atoms with Gasteiger partial charge in [-0.1, -0.05) is 29.4 Å². The maximum absolute atomic E-state index is 13.8. The largest absolute Gasteiger partial charge is 0.331 e. The van der Waals surface area contributed by atoms with Crippen molar-refractivity contribution in [3.63, 3.8) is 0 Å². The third-order valence-electron chi connectivity index (χ3n) is 3.56. The van der Waals surface area contributed by atoms with Gasteiger partial charge < -0.3 is 4.84 Å². The molecule has 102 valence electrons. The Morgan fingerprint density at radius 3 is 2.85 bits per heavy atom. The van der Waals surface area contributed by atoms with Crippen LogP contribution in [0, 0.1) is 5.82 Å². The molecule has 0 saturated heterocycles. The van der Waals surface area contributed by atoms with Gasteiger partial charge in [-0.3, -0.25) is 0 Å². The first-order valence-corrected chi connectivity index (χ1v) is 6.62. The Bertz CT molecular complexity index is 722. The average Bonchev–Trinajstić information content (AvgIpc) is 2.45. The molecule has 0 spiro atoms. The fraction of sp³-hybridized carbons (Fsp3) is 0.250. The second kappa shape index (κ2) is 5.04. The van der Waals surface area contributed by atoms with Crippen molar-refractivity contribution in [2.24, 2.45) is 5.16 Å². The van der Waals surface area contributed by atoms with Gasteiger partial charge in [0.25, 0.3) is 0 Å². The zero-order chi connectivity index (χ0) is 14.1. The van der Waals surface area contributed by atoms with E-state index < -0.39 is 5.97 Å². The van der Waals surface area contributed by atoms with Gasteiger partial charge in [0.15, 0.2) is 0 Å². The van der Waals surface area contributed by atoms with Crippen LogP contribution in [-0.2, 0) is 16.1 Å². The Kier molecular flexibility index (Phi) is 3.22. The first kappa shape index (κ1) is 12.8. The van der Waals surface area contributed by atoms with Gasteiger partial charge in [-0.2, -0.15) is 0 Å². The number of carbonyl (C=O) groups is 1. The van der Waals surface area contributed by atoms with E-state index in [1.165, 1.54) is 13.0 Å². The molecule has 20 heavy (non-hydrogen) atoms. The molecule has 4 heteroatoms. The van der Waals surface area contributed by atoms with Crippen molar-refractivity contribution >= 4 is 22.5 Å². The molecule has 1 aliphatic rings. The van der Waals surface area contributed by atoms with Crippen molar-refractivity contribution in [1.29, 1.82) is 0 Å². The van der Waals surface area contributed by atoms with Crippen molar-refractivity contribution < 1.29 is 14.0 Å². The van der Waals surface area contributed by atoms with E-state index in [-0.39, 0.29) is 5.82 Å². The summed E-state index contributed by atoms with van der Waals surface area (Å²) in [6, 6.07) is 8.73. The fourth-order valence-electron chi connectivity index (χ4n) is 2.70. The monoisotopic (exact) mass is 272 g/mol. The summed E-state index contributed by atoms with van der Waals surface area (Å²) in [5.41, 5.74) is 2.79. The molecule has 0 N–H and O–H groups in total. The lowest BCUT2D eigenvalue weighted by molar-refractivity contribution is -0.140. The molecule has 1 aliphatic carbocycles. The normalized spacial score (nSPS) is 16.2. The molecule has 0 atom stereocenters. The number of hydrogen-bond donors (Lipinski definition) is 0. The number of oxime groups is 1. The SMILES string of the molecule is CC(=O)O/[15N]=C1\CCCc2c1ccc1c(F)cccc21. The number of nitrogens with zero attached hydrogens (tertiary/aromatic N) is 1. The predicted molar refractivity (Wildman–Crippen MR) is 75.1 cm³/mol. The Balaban J connectivity index is 2.16. The van der Waals surface area contributed by atoms with Crippen LogP contribution in [0.3, 0.4) is 0 Å². The molecule has 3 rings (SSSR count). The van der Waals surface area contributed by atoms with Crippen LogP contribution < -0.4 is 0 Å². The van der Waals surface area contributed by atoms with Crippen LogP contribution in [0.5, 0.6) is 0 Å². The van der Waals surface area contributed by atoms with Gasteiger partial charge in [-0.25, -0.2) is 9.18 Å². The van der Waals surface area contributed by atoms with Gasteiger partial charge >= 0.3 is 5.97 Å². The summed E-state index contributed by atoms with van der Waals surface area (Å²) < 4.78 is 13.8. The highest BCUT2D eigenvalue weighted by Crippen LogP contribution is 2.30. The lowest BCUT2D eigenvalue weighted by Crippen LogP contribution is -2.13. The number of hydrogen-bond acceptors (Lipinski definition) is 3. The third kappa shape index (κ3) is 2.18. The van der Waals surface area contributed by atoms with Crippen molar-refractivity contribution in [2.75, 3.05) is 0 Å². The average molecular weight is 272 g/mol. The van der Waals surface area contributed by atoms with Gasteiger partial charge in [0, 0.05) is 17.9 Å². The summed E-state index contributed by atoms with van der Waals surface area (Å²) in [5, 5.41) is 5.47. The molecule has 0 bridgehead atoms. The summed E-state index contributed by atoms with van der Waals surface area (Å²) in [4.78, 5) is 15.6. The minimum atomic E-state index is -0.434. The molecular weight excluding hydrogens is 258 g/mol. The third-order valence-corrected chi connectivity index (χ3v) is 3.56. The van der Waals surface area contributed by atoms with Crippen molar-refractivity contribution in [1.82, 2.24) is 0 Å². The summed E-state index contributed by atoms with van der Waals surface area (Å²) in [5.74, 6) is -0.647. The molecule has 0 heterocycles. The standard InChI is InChI=1S/C16H14FNO2/c1-10(19)20-18-16-7-3-5-12-11-4-2-6-15(17)13(11)8-9-14(12)16/h2,4,6,8-9H,3,5,7H2,1H3/b18-16+/i18+1.